The Hall–Kier alpha value is -1.72. The Morgan fingerprint density at radius 1 is 1.48 bits per heavy atom. The van der Waals surface area contributed by atoms with Crippen LogP contribution in [0.15, 0.2) is 0 Å². The molecule has 21 heavy (non-hydrogen) atoms. The molecule has 2 aliphatic heterocycles. The van der Waals surface area contributed by atoms with Crippen LogP contribution in [0.3, 0.4) is 0 Å². The second-order valence-electron chi connectivity index (χ2n) is 5.05. The van der Waals surface area contributed by atoms with Gasteiger partial charge in [0.1, 0.15) is 5.54 Å². The van der Waals surface area contributed by atoms with Gasteiger partial charge in [0.25, 0.3) is 16.1 Å². The molecule has 0 aliphatic carbocycles. The lowest BCUT2D eigenvalue weighted by molar-refractivity contribution is -0.137. The van der Waals surface area contributed by atoms with Gasteiger partial charge in [-0.1, -0.05) is 0 Å². The van der Waals surface area contributed by atoms with Crippen LogP contribution < -0.4 is 10.6 Å². The highest BCUT2D eigenvalue weighted by atomic mass is 32.2. The Kier molecular flexibility index (Phi) is 3.91. The molecule has 2 rings (SSSR count). The summed E-state index contributed by atoms with van der Waals surface area (Å²) in [5.74, 6) is -1.64. The molecule has 10 nitrogen and oxygen atoms in total. The van der Waals surface area contributed by atoms with Gasteiger partial charge in [0.15, 0.2) is 0 Å². The molecule has 3 amide bonds. The van der Waals surface area contributed by atoms with Gasteiger partial charge in [0.2, 0.25) is 0 Å². The second kappa shape index (κ2) is 5.24. The summed E-state index contributed by atoms with van der Waals surface area (Å²) in [6.07, 6.45) is -0.136. The van der Waals surface area contributed by atoms with Crippen molar-refractivity contribution in [2.24, 2.45) is 0 Å². The first-order valence-electron chi connectivity index (χ1n) is 6.24. The van der Waals surface area contributed by atoms with Crippen LogP contribution >= 0.6 is 0 Å². The molecular formula is C10H16N4O6S. The summed E-state index contributed by atoms with van der Waals surface area (Å²) in [6.45, 7) is -0.252. The maximum Gasteiger partial charge on any atom is 0.322 e. The molecule has 2 heterocycles. The summed E-state index contributed by atoms with van der Waals surface area (Å²) in [5.41, 5.74) is -1.22. The Morgan fingerprint density at radius 3 is 2.67 bits per heavy atom. The van der Waals surface area contributed by atoms with Crippen LogP contribution in [-0.4, -0.2) is 72.3 Å². The first-order chi connectivity index (χ1) is 9.67. The molecule has 0 aromatic rings. The van der Waals surface area contributed by atoms with Crippen molar-refractivity contribution in [1.29, 1.82) is 0 Å². The fourth-order valence-electron chi connectivity index (χ4n) is 2.35. The Labute approximate surface area is 121 Å². The molecule has 118 valence electrons. The van der Waals surface area contributed by atoms with E-state index in [1.54, 1.807) is 0 Å². The smallest absolute Gasteiger partial charge is 0.322 e. The zero-order valence-electron chi connectivity index (χ0n) is 11.3. The topological polar surface area (TPSA) is 136 Å². The molecule has 0 aromatic carbocycles. The van der Waals surface area contributed by atoms with E-state index in [1.807, 2.05) is 0 Å². The molecule has 1 unspecified atom stereocenters. The molecule has 2 aliphatic rings. The summed E-state index contributed by atoms with van der Waals surface area (Å²) in [5, 5.41) is 13.1. The average Bonchev–Trinajstić information content (AvgIpc) is 2.92. The van der Waals surface area contributed by atoms with Crippen LogP contribution in [0.5, 0.6) is 0 Å². The zero-order chi connectivity index (χ0) is 15.8. The minimum atomic E-state index is -3.87. The van der Waals surface area contributed by atoms with Crippen molar-refractivity contribution in [3.05, 3.63) is 0 Å². The highest BCUT2D eigenvalue weighted by molar-refractivity contribution is 7.86. The highest BCUT2D eigenvalue weighted by Crippen LogP contribution is 2.27. The van der Waals surface area contributed by atoms with Crippen molar-refractivity contribution in [2.75, 3.05) is 26.7 Å². The third kappa shape index (κ3) is 2.84. The third-order valence-electron chi connectivity index (χ3n) is 3.61. The van der Waals surface area contributed by atoms with E-state index in [-0.39, 0.29) is 32.5 Å². The molecule has 0 radical (unpaired) electrons. The summed E-state index contributed by atoms with van der Waals surface area (Å²) >= 11 is 0. The molecule has 1 spiro atoms. The van der Waals surface area contributed by atoms with Gasteiger partial charge in [-0.2, -0.15) is 17.0 Å². The SMILES string of the molecule is CN(CCC(=O)O)S(=O)(=O)N1CCC2(C1)NC(=O)NC2=O. The number of carboxylic acids is 1. The van der Waals surface area contributed by atoms with Crippen LogP contribution in [0.1, 0.15) is 12.8 Å². The first kappa shape index (κ1) is 15.7. The molecule has 0 aromatic heterocycles. The van der Waals surface area contributed by atoms with Gasteiger partial charge in [-0.25, -0.2) is 4.79 Å². The molecule has 1 atom stereocenters. The number of carbonyl (C=O) groups is 3. The molecule has 2 saturated heterocycles. The predicted molar refractivity (Wildman–Crippen MR) is 69.4 cm³/mol. The molecule has 2 fully saturated rings. The predicted octanol–water partition coefficient (Wildman–Crippen LogP) is -2.08. The number of urea groups is 1. The highest BCUT2D eigenvalue weighted by Gasteiger charge is 2.53. The molecular weight excluding hydrogens is 304 g/mol. The van der Waals surface area contributed by atoms with Gasteiger partial charge < -0.3 is 10.4 Å². The van der Waals surface area contributed by atoms with Crippen LogP contribution in [-0.2, 0) is 19.8 Å². The zero-order valence-corrected chi connectivity index (χ0v) is 12.1. The van der Waals surface area contributed by atoms with Crippen molar-refractivity contribution in [3.63, 3.8) is 0 Å². The number of nitrogens with one attached hydrogen (secondary N) is 2. The maximum absolute atomic E-state index is 12.3. The minimum Gasteiger partial charge on any atom is -0.481 e. The lowest BCUT2D eigenvalue weighted by atomic mass is 10.00. The van der Waals surface area contributed by atoms with E-state index in [1.165, 1.54) is 7.05 Å². The van der Waals surface area contributed by atoms with E-state index in [0.29, 0.717) is 0 Å². The number of hydrogen-bond donors (Lipinski definition) is 3. The summed E-state index contributed by atoms with van der Waals surface area (Å²) in [4.78, 5) is 33.5. The van der Waals surface area contributed by atoms with E-state index < -0.39 is 33.7 Å². The van der Waals surface area contributed by atoms with Crippen molar-refractivity contribution in [1.82, 2.24) is 19.2 Å². The summed E-state index contributed by atoms with van der Waals surface area (Å²) in [7, 11) is -2.59. The Bertz CT molecular complexity index is 590. The average molecular weight is 320 g/mol. The Morgan fingerprint density at radius 2 is 2.14 bits per heavy atom. The van der Waals surface area contributed by atoms with Gasteiger partial charge in [-0.15, -0.1) is 0 Å². The number of carboxylic acid groups (broad SMARTS) is 1. The van der Waals surface area contributed by atoms with Crippen molar-refractivity contribution in [2.45, 2.75) is 18.4 Å². The van der Waals surface area contributed by atoms with E-state index in [2.05, 4.69) is 10.6 Å². The number of imide groups is 1. The van der Waals surface area contributed by atoms with Crippen LogP contribution in [0.4, 0.5) is 4.79 Å². The fraction of sp³-hybridized carbons (Fsp3) is 0.700. The van der Waals surface area contributed by atoms with Crippen LogP contribution in [0, 0.1) is 0 Å². The van der Waals surface area contributed by atoms with E-state index >= 15 is 0 Å². The van der Waals surface area contributed by atoms with Crippen molar-refractivity contribution < 1.29 is 27.9 Å². The molecule has 3 N–H and O–H groups in total. The van der Waals surface area contributed by atoms with Gasteiger partial charge in [-0.05, 0) is 6.42 Å². The van der Waals surface area contributed by atoms with Crippen LogP contribution in [0.2, 0.25) is 0 Å². The van der Waals surface area contributed by atoms with Gasteiger partial charge >= 0.3 is 12.0 Å². The Balaban J connectivity index is 2.08. The lowest BCUT2D eigenvalue weighted by Crippen LogP contribution is -2.51. The monoisotopic (exact) mass is 320 g/mol. The van der Waals surface area contributed by atoms with Crippen LogP contribution in [0.25, 0.3) is 0 Å². The lowest BCUT2D eigenvalue weighted by Gasteiger charge is -2.25. The van der Waals surface area contributed by atoms with E-state index in [4.69, 9.17) is 5.11 Å². The normalized spacial score (nSPS) is 26.4. The standard InChI is InChI=1S/C10H16N4O6S/c1-13(4-2-7(15)16)21(19,20)14-5-3-10(6-14)8(17)11-9(18)12-10/h2-6H2,1H3,(H,15,16)(H2,11,12,17,18). The van der Waals surface area contributed by atoms with Crippen molar-refractivity contribution in [3.8, 4) is 0 Å². The van der Waals surface area contributed by atoms with E-state index in [9.17, 15) is 22.8 Å². The minimum absolute atomic E-state index is 0.0768. The second-order valence-corrected chi connectivity index (χ2v) is 7.08. The maximum atomic E-state index is 12.3. The number of hydrogen-bond acceptors (Lipinski definition) is 5. The van der Waals surface area contributed by atoms with Gasteiger partial charge in [0, 0.05) is 26.7 Å². The van der Waals surface area contributed by atoms with Crippen molar-refractivity contribution >= 4 is 28.1 Å². The quantitative estimate of drug-likeness (QED) is 0.497. The number of carbonyl (C=O) groups excluding carboxylic acids is 2. The summed E-state index contributed by atoms with van der Waals surface area (Å²) < 4.78 is 26.6. The third-order valence-corrected chi connectivity index (χ3v) is 5.54. The fourth-order valence-corrected chi connectivity index (χ4v) is 3.77. The first-order valence-corrected chi connectivity index (χ1v) is 7.64. The molecule has 0 bridgehead atoms. The number of nitrogens with zero attached hydrogens (tertiary/aromatic N) is 2. The van der Waals surface area contributed by atoms with Gasteiger partial charge in [0.05, 0.1) is 6.42 Å². The van der Waals surface area contributed by atoms with Gasteiger partial charge in [-0.3, -0.25) is 14.9 Å². The molecule has 11 heteroatoms. The number of rotatable bonds is 5. The number of amides is 3. The summed E-state index contributed by atoms with van der Waals surface area (Å²) in [6, 6.07) is -0.640. The largest absolute Gasteiger partial charge is 0.481 e. The molecule has 0 saturated carbocycles. The number of aliphatic carboxylic acids is 1. The van der Waals surface area contributed by atoms with E-state index in [0.717, 1.165) is 8.61 Å².